The van der Waals surface area contributed by atoms with Gasteiger partial charge in [-0.25, -0.2) is 4.79 Å². The van der Waals surface area contributed by atoms with E-state index in [-0.39, 0.29) is 6.03 Å². The van der Waals surface area contributed by atoms with Crippen LogP contribution in [0.15, 0.2) is 0 Å². The van der Waals surface area contributed by atoms with E-state index in [1.807, 2.05) is 0 Å². The summed E-state index contributed by atoms with van der Waals surface area (Å²) in [6, 6.07) is 0.276. The number of hydrogen-bond acceptors (Lipinski definition) is 1. The molecule has 0 aromatic carbocycles. The maximum Gasteiger partial charge on any atom is 0.319 e. The van der Waals surface area contributed by atoms with E-state index < -0.39 is 0 Å². The van der Waals surface area contributed by atoms with Gasteiger partial charge in [-0.2, -0.15) is 0 Å². The van der Waals surface area contributed by atoms with Crippen molar-refractivity contribution in [1.82, 2.24) is 9.80 Å². The van der Waals surface area contributed by atoms with E-state index in [1.54, 1.807) is 0 Å². The summed E-state index contributed by atoms with van der Waals surface area (Å²) >= 11 is 0. The van der Waals surface area contributed by atoms with Gasteiger partial charge in [-0.15, -0.1) is 0 Å². The lowest BCUT2D eigenvalue weighted by Crippen LogP contribution is -2.47. The second-order valence-electron chi connectivity index (χ2n) is 7.30. The minimum Gasteiger partial charge on any atom is -0.325 e. The number of hydrogen-bond donors (Lipinski definition) is 0. The van der Waals surface area contributed by atoms with Crippen LogP contribution in [-0.4, -0.2) is 42.0 Å². The molecule has 1 saturated heterocycles. The number of likely N-dealkylation sites (tertiary alicyclic amines) is 1. The van der Waals surface area contributed by atoms with Crippen molar-refractivity contribution in [2.75, 3.05) is 26.2 Å². The Morgan fingerprint density at radius 3 is 1.90 bits per heavy atom. The first-order valence-corrected chi connectivity index (χ1v) is 8.44. The summed E-state index contributed by atoms with van der Waals surface area (Å²) in [4.78, 5) is 16.8. The van der Waals surface area contributed by atoms with E-state index in [0.717, 1.165) is 57.8 Å². The average molecular weight is 282 g/mol. The van der Waals surface area contributed by atoms with Gasteiger partial charge in [0.15, 0.2) is 0 Å². The first-order valence-electron chi connectivity index (χ1n) is 8.44. The number of urea groups is 1. The van der Waals surface area contributed by atoms with Crippen molar-refractivity contribution in [3.8, 4) is 0 Å². The molecule has 1 heterocycles. The molecule has 0 saturated carbocycles. The second kappa shape index (κ2) is 8.53. The lowest BCUT2D eigenvalue weighted by Gasteiger charge is -2.35. The molecule has 0 atom stereocenters. The summed E-state index contributed by atoms with van der Waals surface area (Å²) in [5.74, 6) is 2.09. The highest BCUT2D eigenvalue weighted by molar-refractivity contribution is 5.74. The van der Waals surface area contributed by atoms with Crippen LogP contribution in [0.25, 0.3) is 0 Å². The number of rotatable bonds is 6. The first-order chi connectivity index (χ1) is 9.40. The third-order valence-electron chi connectivity index (χ3n) is 4.28. The molecule has 118 valence electrons. The van der Waals surface area contributed by atoms with Gasteiger partial charge in [0.05, 0.1) is 0 Å². The lowest BCUT2D eigenvalue weighted by atomic mass is 9.99. The highest BCUT2D eigenvalue weighted by Gasteiger charge is 2.24. The highest BCUT2D eigenvalue weighted by Crippen LogP contribution is 2.18. The van der Waals surface area contributed by atoms with Gasteiger partial charge in [0, 0.05) is 26.2 Å². The minimum atomic E-state index is 0.276. The van der Waals surface area contributed by atoms with Crippen LogP contribution in [0.4, 0.5) is 4.79 Å². The van der Waals surface area contributed by atoms with Crippen LogP contribution in [-0.2, 0) is 0 Å². The van der Waals surface area contributed by atoms with Gasteiger partial charge in [0.25, 0.3) is 0 Å². The highest BCUT2D eigenvalue weighted by atomic mass is 16.2. The fourth-order valence-corrected chi connectivity index (χ4v) is 2.53. The van der Waals surface area contributed by atoms with Gasteiger partial charge in [-0.1, -0.05) is 34.6 Å². The van der Waals surface area contributed by atoms with Crippen molar-refractivity contribution < 1.29 is 4.79 Å². The molecule has 1 rings (SSSR count). The van der Waals surface area contributed by atoms with Gasteiger partial charge < -0.3 is 9.80 Å². The third-order valence-corrected chi connectivity index (χ3v) is 4.28. The molecular formula is C17H34N2O. The predicted octanol–water partition coefficient (Wildman–Crippen LogP) is 4.23. The zero-order valence-corrected chi connectivity index (χ0v) is 14.2. The lowest BCUT2D eigenvalue weighted by molar-refractivity contribution is 0.130. The number of piperidine rings is 1. The quantitative estimate of drug-likeness (QED) is 0.715. The van der Waals surface area contributed by atoms with Crippen molar-refractivity contribution >= 4 is 6.03 Å². The molecule has 0 aromatic heterocycles. The Balaban J connectivity index is 2.53. The summed E-state index contributed by atoms with van der Waals surface area (Å²) in [6.07, 6.45) is 4.53. The predicted molar refractivity (Wildman–Crippen MR) is 85.9 cm³/mol. The summed E-state index contributed by atoms with van der Waals surface area (Å²) in [6.45, 7) is 14.9. The van der Waals surface area contributed by atoms with Crippen molar-refractivity contribution in [3.63, 3.8) is 0 Å². The van der Waals surface area contributed by atoms with E-state index in [1.165, 1.54) is 0 Å². The van der Waals surface area contributed by atoms with Crippen LogP contribution in [0.2, 0.25) is 0 Å². The molecule has 0 aliphatic carbocycles. The van der Waals surface area contributed by atoms with E-state index in [0.29, 0.717) is 11.8 Å². The monoisotopic (exact) mass is 282 g/mol. The van der Waals surface area contributed by atoms with E-state index in [4.69, 9.17) is 0 Å². The SMILES string of the molecule is CC(C)CCN(CCC(C)C)C(=O)N1CCC(C)CC1. The summed E-state index contributed by atoms with van der Waals surface area (Å²) in [5, 5.41) is 0. The molecule has 0 aromatic rings. The van der Waals surface area contributed by atoms with Gasteiger partial charge in [-0.3, -0.25) is 0 Å². The Kier molecular flexibility index (Phi) is 7.39. The minimum absolute atomic E-state index is 0.276. The smallest absolute Gasteiger partial charge is 0.319 e. The molecule has 3 heteroatoms. The molecule has 1 aliphatic rings. The molecule has 0 radical (unpaired) electrons. The Bertz CT molecular complexity index is 269. The topological polar surface area (TPSA) is 23.6 Å². The van der Waals surface area contributed by atoms with Gasteiger partial charge >= 0.3 is 6.03 Å². The summed E-state index contributed by atoms with van der Waals surface area (Å²) < 4.78 is 0. The fourth-order valence-electron chi connectivity index (χ4n) is 2.53. The van der Waals surface area contributed by atoms with Crippen LogP contribution in [0.1, 0.15) is 60.3 Å². The molecule has 0 spiro atoms. The number of amides is 2. The molecule has 1 aliphatic heterocycles. The van der Waals surface area contributed by atoms with Gasteiger partial charge in [0.2, 0.25) is 0 Å². The van der Waals surface area contributed by atoms with Crippen molar-refractivity contribution in [3.05, 3.63) is 0 Å². The molecule has 0 N–H and O–H groups in total. The van der Waals surface area contributed by atoms with Crippen molar-refractivity contribution in [1.29, 1.82) is 0 Å². The maximum absolute atomic E-state index is 12.7. The van der Waals surface area contributed by atoms with Gasteiger partial charge in [-0.05, 0) is 43.4 Å². The zero-order chi connectivity index (χ0) is 15.1. The van der Waals surface area contributed by atoms with Crippen LogP contribution in [0.5, 0.6) is 0 Å². The molecule has 3 nitrogen and oxygen atoms in total. The van der Waals surface area contributed by atoms with E-state index >= 15 is 0 Å². The van der Waals surface area contributed by atoms with Crippen LogP contribution in [0, 0.1) is 17.8 Å². The summed E-state index contributed by atoms with van der Waals surface area (Å²) in [5.41, 5.74) is 0. The zero-order valence-electron chi connectivity index (χ0n) is 14.2. The Morgan fingerprint density at radius 1 is 1.05 bits per heavy atom. The molecular weight excluding hydrogens is 248 g/mol. The van der Waals surface area contributed by atoms with Gasteiger partial charge in [0.1, 0.15) is 0 Å². The van der Waals surface area contributed by atoms with Crippen LogP contribution < -0.4 is 0 Å². The number of nitrogens with zero attached hydrogens (tertiary/aromatic N) is 2. The molecule has 0 bridgehead atoms. The Hall–Kier alpha value is -0.730. The Morgan fingerprint density at radius 2 is 1.50 bits per heavy atom. The van der Waals surface area contributed by atoms with E-state index in [2.05, 4.69) is 44.4 Å². The molecule has 0 unspecified atom stereocenters. The maximum atomic E-state index is 12.7. The third kappa shape index (κ3) is 6.15. The van der Waals surface area contributed by atoms with Crippen molar-refractivity contribution in [2.24, 2.45) is 17.8 Å². The van der Waals surface area contributed by atoms with Crippen molar-refractivity contribution in [2.45, 2.75) is 60.3 Å². The number of carbonyl (C=O) groups excluding carboxylic acids is 1. The number of carbonyl (C=O) groups is 1. The first kappa shape index (κ1) is 17.3. The Labute approximate surface area is 125 Å². The fraction of sp³-hybridized carbons (Fsp3) is 0.941. The normalized spacial score (nSPS) is 17.1. The largest absolute Gasteiger partial charge is 0.325 e. The standard InChI is InChI=1S/C17H34N2O/c1-14(2)6-10-18(11-7-15(3)4)17(20)19-12-8-16(5)9-13-19/h14-16H,6-13H2,1-5H3. The molecule has 20 heavy (non-hydrogen) atoms. The molecule has 1 fully saturated rings. The van der Waals surface area contributed by atoms with Crippen LogP contribution in [0.3, 0.4) is 0 Å². The average Bonchev–Trinajstić information content (AvgIpc) is 2.38. The molecule has 2 amide bonds. The van der Waals surface area contributed by atoms with Crippen LogP contribution >= 0.6 is 0 Å². The summed E-state index contributed by atoms with van der Waals surface area (Å²) in [7, 11) is 0. The second-order valence-corrected chi connectivity index (χ2v) is 7.30. The van der Waals surface area contributed by atoms with E-state index in [9.17, 15) is 4.79 Å².